The van der Waals surface area contributed by atoms with Crippen molar-refractivity contribution in [1.82, 2.24) is 30.6 Å². The fourth-order valence-electron chi connectivity index (χ4n) is 5.00. The Morgan fingerprint density at radius 2 is 1.88 bits per heavy atom. The quantitative estimate of drug-likeness (QED) is 0.535. The van der Waals surface area contributed by atoms with Gasteiger partial charge in [-0.25, -0.2) is 0 Å². The van der Waals surface area contributed by atoms with Gasteiger partial charge in [0.05, 0.1) is 16.7 Å². The number of carbonyl (C=O) groups excluding carboxylic acids is 4. The molecule has 0 spiro atoms. The summed E-state index contributed by atoms with van der Waals surface area (Å²) in [5.41, 5.74) is 1.36. The Balaban J connectivity index is 1.29. The normalized spacial score (nSPS) is 22.4. The molecule has 33 heavy (non-hydrogen) atoms. The van der Waals surface area contributed by atoms with E-state index in [1.54, 1.807) is 18.3 Å². The molecule has 4 heterocycles. The Morgan fingerprint density at radius 1 is 1.09 bits per heavy atom. The number of nitrogens with one attached hydrogen (secondary N) is 3. The minimum absolute atomic E-state index is 0.104. The third kappa shape index (κ3) is 3.85. The lowest BCUT2D eigenvalue weighted by atomic mass is 9.88. The summed E-state index contributed by atoms with van der Waals surface area (Å²) in [5.74, 6) is -1.97. The Labute approximate surface area is 190 Å². The predicted octanol–water partition coefficient (Wildman–Crippen LogP) is 0.153. The van der Waals surface area contributed by atoms with Gasteiger partial charge in [-0.05, 0) is 56.1 Å². The van der Waals surface area contributed by atoms with Gasteiger partial charge in [-0.2, -0.15) is 5.10 Å². The van der Waals surface area contributed by atoms with Gasteiger partial charge in [0.1, 0.15) is 6.04 Å². The zero-order chi connectivity index (χ0) is 23.0. The lowest BCUT2D eigenvalue weighted by molar-refractivity contribution is -0.136. The Hall–Kier alpha value is -3.37. The van der Waals surface area contributed by atoms with Gasteiger partial charge in [-0.3, -0.25) is 34.1 Å². The van der Waals surface area contributed by atoms with Gasteiger partial charge in [0.2, 0.25) is 11.8 Å². The maximum Gasteiger partial charge on any atom is 0.262 e. The highest BCUT2D eigenvalue weighted by Crippen LogP contribution is 2.29. The number of imide groups is 2. The molecule has 4 amide bonds. The maximum absolute atomic E-state index is 13.0. The van der Waals surface area contributed by atoms with Crippen LogP contribution in [0.25, 0.3) is 0 Å². The minimum atomic E-state index is -0.953. The molecule has 1 unspecified atom stereocenters. The van der Waals surface area contributed by atoms with E-state index in [2.05, 4.69) is 21.0 Å². The first kappa shape index (κ1) is 21.5. The summed E-state index contributed by atoms with van der Waals surface area (Å²) in [5, 5.41) is 13.6. The highest BCUT2D eigenvalue weighted by atomic mass is 16.2. The average molecular weight is 450 g/mol. The number of amides is 4. The second-order valence-electron chi connectivity index (χ2n) is 8.86. The molecule has 0 bridgehead atoms. The summed E-state index contributed by atoms with van der Waals surface area (Å²) >= 11 is 0. The SMILES string of the molecule is O=C1CCC(N2C(=O)c3ccc(CNCC4(n5cccn5)CCNCC4)cc3C2=O)C(=O)N1. The van der Waals surface area contributed by atoms with Crippen molar-refractivity contribution in [3.63, 3.8) is 0 Å². The second kappa shape index (κ2) is 8.53. The standard InChI is InChI=1S/C23H26N6O4/c30-19-5-4-18(20(31)27-19)29-21(32)16-3-2-15(12-17(16)22(29)33)13-25-14-23(6-9-24-10-7-23)28-11-1-8-26-28/h1-3,8,11-12,18,24-25H,4-7,9-10,13-14H2,(H,27,30,31). The van der Waals surface area contributed by atoms with Crippen LogP contribution in [0.4, 0.5) is 0 Å². The van der Waals surface area contributed by atoms with Crippen LogP contribution in [0.3, 0.4) is 0 Å². The van der Waals surface area contributed by atoms with Crippen LogP contribution in [0.1, 0.15) is 52.0 Å². The summed E-state index contributed by atoms with van der Waals surface area (Å²) in [7, 11) is 0. The summed E-state index contributed by atoms with van der Waals surface area (Å²) < 4.78 is 2.03. The van der Waals surface area contributed by atoms with Crippen LogP contribution in [0, 0.1) is 0 Å². The van der Waals surface area contributed by atoms with Crippen LogP contribution >= 0.6 is 0 Å². The van der Waals surface area contributed by atoms with Crippen molar-refractivity contribution in [2.24, 2.45) is 0 Å². The number of benzene rings is 1. The fourth-order valence-corrected chi connectivity index (χ4v) is 5.00. The van der Waals surface area contributed by atoms with E-state index in [4.69, 9.17) is 0 Å². The first-order valence-electron chi connectivity index (χ1n) is 11.2. The van der Waals surface area contributed by atoms with Crippen molar-refractivity contribution in [3.05, 3.63) is 53.3 Å². The molecule has 3 N–H and O–H groups in total. The molecule has 1 aromatic heterocycles. The van der Waals surface area contributed by atoms with Crippen molar-refractivity contribution < 1.29 is 19.2 Å². The second-order valence-corrected chi connectivity index (χ2v) is 8.86. The molecule has 0 aliphatic carbocycles. The summed E-state index contributed by atoms with van der Waals surface area (Å²) in [4.78, 5) is 50.5. The fraction of sp³-hybridized carbons (Fsp3) is 0.435. The predicted molar refractivity (Wildman–Crippen MR) is 117 cm³/mol. The van der Waals surface area contributed by atoms with E-state index in [9.17, 15) is 19.2 Å². The molecule has 2 saturated heterocycles. The molecule has 10 nitrogen and oxygen atoms in total. The third-order valence-electron chi connectivity index (χ3n) is 6.81. The van der Waals surface area contributed by atoms with Gasteiger partial charge < -0.3 is 10.6 Å². The van der Waals surface area contributed by atoms with E-state index >= 15 is 0 Å². The van der Waals surface area contributed by atoms with E-state index in [-0.39, 0.29) is 24.3 Å². The molecule has 0 radical (unpaired) electrons. The highest BCUT2D eigenvalue weighted by molar-refractivity contribution is 6.23. The molecule has 10 heteroatoms. The lowest BCUT2D eigenvalue weighted by Crippen LogP contribution is -2.54. The number of nitrogens with zero attached hydrogens (tertiary/aromatic N) is 3. The number of carbonyl (C=O) groups is 4. The van der Waals surface area contributed by atoms with E-state index in [1.807, 2.05) is 23.0 Å². The summed E-state index contributed by atoms with van der Waals surface area (Å²) in [6.07, 6.45) is 5.96. The van der Waals surface area contributed by atoms with Crippen molar-refractivity contribution in [3.8, 4) is 0 Å². The van der Waals surface area contributed by atoms with Gasteiger partial charge in [-0.1, -0.05) is 6.07 Å². The average Bonchev–Trinajstić information content (AvgIpc) is 3.44. The van der Waals surface area contributed by atoms with Crippen LogP contribution < -0.4 is 16.0 Å². The maximum atomic E-state index is 13.0. The molecule has 0 saturated carbocycles. The monoisotopic (exact) mass is 450 g/mol. The van der Waals surface area contributed by atoms with Gasteiger partial charge in [0.25, 0.3) is 11.8 Å². The first-order chi connectivity index (χ1) is 16.0. The highest BCUT2D eigenvalue weighted by Gasteiger charge is 2.44. The molecule has 3 aliphatic rings. The number of hydrogen-bond acceptors (Lipinski definition) is 7. The zero-order valence-corrected chi connectivity index (χ0v) is 18.2. The number of piperidine rings is 2. The van der Waals surface area contributed by atoms with Crippen molar-refractivity contribution in [2.45, 2.75) is 43.8 Å². The third-order valence-corrected chi connectivity index (χ3v) is 6.81. The summed E-state index contributed by atoms with van der Waals surface area (Å²) in [6, 6.07) is 6.17. The Bertz CT molecular complexity index is 1110. The van der Waals surface area contributed by atoms with Gasteiger partial charge in [0.15, 0.2) is 0 Å². The van der Waals surface area contributed by atoms with Gasteiger partial charge >= 0.3 is 0 Å². The van der Waals surface area contributed by atoms with Gasteiger partial charge in [-0.15, -0.1) is 0 Å². The smallest absolute Gasteiger partial charge is 0.262 e. The number of fused-ring (bicyclic) bond motifs is 1. The molecular formula is C23H26N6O4. The zero-order valence-electron chi connectivity index (χ0n) is 18.2. The van der Waals surface area contributed by atoms with Crippen LogP contribution in [0.5, 0.6) is 0 Å². The molecule has 5 rings (SSSR count). The molecule has 2 aromatic rings. The van der Waals surface area contributed by atoms with Gasteiger partial charge in [0, 0.05) is 31.9 Å². The topological polar surface area (TPSA) is 125 Å². The van der Waals surface area contributed by atoms with E-state index in [1.165, 1.54) is 0 Å². The van der Waals surface area contributed by atoms with Crippen LogP contribution in [0.15, 0.2) is 36.7 Å². The van der Waals surface area contributed by atoms with Crippen molar-refractivity contribution >= 4 is 23.6 Å². The largest absolute Gasteiger partial charge is 0.317 e. The summed E-state index contributed by atoms with van der Waals surface area (Å²) in [6.45, 7) is 3.10. The number of rotatable bonds is 6. The van der Waals surface area contributed by atoms with Crippen LogP contribution in [-0.4, -0.2) is 64.0 Å². The Morgan fingerprint density at radius 3 is 2.61 bits per heavy atom. The van der Waals surface area contributed by atoms with Crippen LogP contribution in [0.2, 0.25) is 0 Å². The number of hydrogen-bond donors (Lipinski definition) is 3. The Kier molecular flexibility index (Phi) is 5.55. The minimum Gasteiger partial charge on any atom is -0.317 e. The first-order valence-corrected chi connectivity index (χ1v) is 11.2. The molecule has 2 fully saturated rings. The molecule has 1 atom stereocenters. The van der Waals surface area contributed by atoms with E-state index < -0.39 is 23.8 Å². The molecule has 1 aromatic carbocycles. The lowest BCUT2D eigenvalue weighted by Gasteiger charge is -2.38. The van der Waals surface area contributed by atoms with E-state index in [0.29, 0.717) is 17.7 Å². The molecule has 3 aliphatic heterocycles. The van der Waals surface area contributed by atoms with Crippen LogP contribution in [-0.2, 0) is 21.7 Å². The van der Waals surface area contributed by atoms with E-state index in [0.717, 1.165) is 42.9 Å². The molecule has 172 valence electrons. The van der Waals surface area contributed by atoms with Crippen molar-refractivity contribution in [2.75, 3.05) is 19.6 Å². The molecular weight excluding hydrogens is 424 g/mol. The number of aromatic nitrogens is 2. The van der Waals surface area contributed by atoms with Crippen molar-refractivity contribution in [1.29, 1.82) is 0 Å².